The second-order valence-electron chi connectivity index (χ2n) is 5.63. The lowest BCUT2D eigenvalue weighted by Crippen LogP contribution is -2.16. The van der Waals surface area contributed by atoms with Crippen LogP contribution >= 0.6 is 11.6 Å². The van der Waals surface area contributed by atoms with E-state index in [-0.39, 0.29) is 0 Å². The summed E-state index contributed by atoms with van der Waals surface area (Å²) >= 11 is 6.56. The van der Waals surface area contributed by atoms with Gasteiger partial charge in [-0.3, -0.25) is 4.98 Å². The molecule has 0 spiro atoms. The fraction of sp³-hybridized carbons (Fsp3) is 0.222. The van der Waals surface area contributed by atoms with Gasteiger partial charge in [0.25, 0.3) is 0 Å². The van der Waals surface area contributed by atoms with Gasteiger partial charge in [0.05, 0.1) is 28.3 Å². The molecule has 1 aliphatic heterocycles. The Morgan fingerprint density at radius 1 is 1.00 bits per heavy atom. The molecule has 1 N–H and O–H groups in total. The van der Waals surface area contributed by atoms with Crippen LogP contribution < -0.4 is 5.32 Å². The van der Waals surface area contributed by atoms with Crippen LogP contribution in [0, 0.1) is 0 Å². The first-order valence-electron chi connectivity index (χ1n) is 7.81. The Morgan fingerprint density at radius 3 is 2.78 bits per heavy atom. The second kappa shape index (κ2) is 6.14. The van der Waals surface area contributed by atoms with Gasteiger partial charge >= 0.3 is 0 Å². The second-order valence-corrected chi connectivity index (χ2v) is 6.03. The molecule has 0 amide bonds. The Bertz CT molecular complexity index is 826. The first-order chi connectivity index (χ1) is 11.3. The summed E-state index contributed by atoms with van der Waals surface area (Å²) in [5.41, 5.74) is 5.46. The zero-order chi connectivity index (χ0) is 15.6. The Hall–Kier alpha value is -2.17. The van der Waals surface area contributed by atoms with Gasteiger partial charge in [-0.25, -0.2) is 4.68 Å². The van der Waals surface area contributed by atoms with E-state index in [1.54, 1.807) is 12.4 Å². The average molecular weight is 325 g/mol. The van der Waals surface area contributed by atoms with Gasteiger partial charge in [0.15, 0.2) is 0 Å². The maximum Gasteiger partial charge on any atom is 0.0925 e. The molecule has 0 saturated heterocycles. The van der Waals surface area contributed by atoms with Crippen LogP contribution in [0.1, 0.15) is 11.1 Å². The molecule has 116 valence electrons. The minimum atomic E-state index is 0.728. The van der Waals surface area contributed by atoms with Crippen LogP contribution in [-0.2, 0) is 12.8 Å². The molecule has 0 atom stereocenters. The molecule has 0 aliphatic carbocycles. The van der Waals surface area contributed by atoms with Crippen LogP contribution in [0.15, 0.2) is 48.8 Å². The van der Waals surface area contributed by atoms with E-state index in [0.717, 1.165) is 48.0 Å². The molecule has 4 rings (SSSR count). The fourth-order valence-corrected chi connectivity index (χ4v) is 3.40. The fourth-order valence-electron chi connectivity index (χ4n) is 3.14. The van der Waals surface area contributed by atoms with Crippen LogP contribution in [0.25, 0.3) is 17.1 Å². The number of aromatic nitrogens is 3. The Labute approximate surface area is 140 Å². The summed E-state index contributed by atoms with van der Waals surface area (Å²) in [5, 5.41) is 8.71. The predicted molar refractivity (Wildman–Crippen MR) is 92.1 cm³/mol. The van der Waals surface area contributed by atoms with Crippen LogP contribution in [0.3, 0.4) is 0 Å². The lowest BCUT2D eigenvalue weighted by Gasteiger charge is -2.16. The SMILES string of the molecule is Clc1ccc2c(c1-n1nccc1-c1ccccn1)CCNCC2. The van der Waals surface area contributed by atoms with Crippen LogP contribution in [0.4, 0.5) is 0 Å². The number of hydrogen-bond acceptors (Lipinski definition) is 3. The van der Waals surface area contributed by atoms with E-state index in [9.17, 15) is 0 Å². The summed E-state index contributed by atoms with van der Waals surface area (Å²) in [6.07, 6.45) is 5.56. The van der Waals surface area contributed by atoms with Crippen molar-refractivity contribution in [3.63, 3.8) is 0 Å². The van der Waals surface area contributed by atoms with Crippen molar-refractivity contribution in [3.8, 4) is 17.1 Å². The van der Waals surface area contributed by atoms with Crippen molar-refractivity contribution in [2.24, 2.45) is 0 Å². The van der Waals surface area contributed by atoms with Crippen LogP contribution in [0.5, 0.6) is 0 Å². The van der Waals surface area contributed by atoms with E-state index in [1.807, 2.05) is 35.0 Å². The highest BCUT2D eigenvalue weighted by Gasteiger charge is 2.19. The molecule has 3 aromatic rings. The summed E-state index contributed by atoms with van der Waals surface area (Å²) < 4.78 is 1.93. The summed E-state index contributed by atoms with van der Waals surface area (Å²) in [7, 11) is 0. The highest BCUT2D eigenvalue weighted by molar-refractivity contribution is 6.32. The van der Waals surface area contributed by atoms with Gasteiger partial charge in [-0.2, -0.15) is 5.10 Å². The van der Waals surface area contributed by atoms with Crippen molar-refractivity contribution in [1.29, 1.82) is 0 Å². The number of benzene rings is 1. The van der Waals surface area contributed by atoms with Crippen molar-refractivity contribution in [1.82, 2.24) is 20.1 Å². The molecule has 1 aliphatic rings. The first kappa shape index (κ1) is 14.4. The highest BCUT2D eigenvalue weighted by Crippen LogP contribution is 2.31. The van der Waals surface area contributed by atoms with Gasteiger partial charge in [-0.1, -0.05) is 23.7 Å². The van der Waals surface area contributed by atoms with E-state index in [1.165, 1.54) is 11.1 Å². The number of fused-ring (bicyclic) bond motifs is 1. The van der Waals surface area contributed by atoms with Gasteiger partial charge < -0.3 is 5.32 Å². The third-order valence-electron chi connectivity index (χ3n) is 4.24. The number of pyridine rings is 1. The molecule has 3 heterocycles. The quantitative estimate of drug-likeness (QED) is 0.786. The van der Waals surface area contributed by atoms with Crippen LogP contribution in [-0.4, -0.2) is 27.9 Å². The van der Waals surface area contributed by atoms with Crippen molar-refractivity contribution >= 4 is 11.6 Å². The van der Waals surface area contributed by atoms with E-state index in [0.29, 0.717) is 0 Å². The van der Waals surface area contributed by atoms with Crippen molar-refractivity contribution in [2.45, 2.75) is 12.8 Å². The Morgan fingerprint density at radius 2 is 1.91 bits per heavy atom. The molecule has 0 bridgehead atoms. The average Bonchev–Trinajstić information content (AvgIpc) is 2.93. The molecule has 0 radical (unpaired) electrons. The first-order valence-corrected chi connectivity index (χ1v) is 8.19. The Kier molecular flexibility index (Phi) is 3.85. The Balaban J connectivity index is 1.91. The molecule has 1 aromatic carbocycles. The summed E-state index contributed by atoms with van der Waals surface area (Å²) in [6.45, 7) is 1.96. The van der Waals surface area contributed by atoms with Gasteiger partial charge in [-0.05, 0) is 61.3 Å². The number of nitrogens with one attached hydrogen (secondary N) is 1. The minimum Gasteiger partial charge on any atom is -0.316 e. The molecular weight excluding hydrogens is 308 g/mol. The third kappa shape index (κ3) is 2.64. The van der Waals surface area contributed by atoms with Crippen molar-refractivity contribution in [2.75, 3.05) is 13.1 Å². The molecule has 23 heavy (non-hydrogen) atoms. The third-order valence-corrected chi connectivity index (χ3v) is 4.54. The largest absolute Gasteiger partial charge is 0.316 e. The lowest BCUT2D eigenvalue weighted by molar-refractivity contribution is 0.709. The molecular formula is C18H17ClN4. The van der Waals surface area contributed by atoms with E-state index < -0.39 is 0 Å². The monoisotopic (exact) mass is 324 g/mol. The summed E-state index contributed by atoms with van der Waals surface area (Å²) in [4.78, 5) is 4.45. The number of rotatable bonds is 2. The molecule has 5 heteroatoms. The van der Waals surface area contributed by atoms with Crippen molar-refractivity contribution < 1.29 is 0 Å². The standard InChI is InChI=1S/C18H17ClN4/c19-15-5-4-13-6-10-20-11-7-14(13)18(15)23-17(8-12-22-23)16-3-1-2-9-21-16/h1-5,8-9,12,20H,6-7,10-11H2. The van der Waals surface area contributed by atoms with Gasteiger partial charge in [0, 0.05) is 6.20 Å². The van der Waals surface area contributed by atoms with Gasteiger partial charge in [0.2, 0.25) is 0 Å². The van der Waals surface area contributed by atoms with Gasteiger partial charge in [-0.15, -0.1) is 0 Å². The van der Waals surface area contributed by atoms with Crippen molar-refractivity contribution in [3.05, 3.63) is 64.9 Å². The molecule has 0 fully saturated rings. The van der Waals surface area contributed by atoms with E-state index >= 15 is 0 Å². The zero-order valence-corrected chi connectivity index (χ0v) is 13.4. The summed E-state index contributed by atoms with van der Waals surface area (Å²) in [6, 6.07) is 12.0. The number of hydrogen-bond donors (Lipinski definition) is 1. The smallest absolute Gasteiger partial charge is 0.0925 e. The highest BCUT2D eigenvalue weighted by atomic mass is 35.5. The van der Waals surface area contributed by atoms with Gasteiger partial charge in [0.1, 0.15) is 0 Å². The normalized spacial score (nSPS) is 14.3. The molecule has 4 nitrogen and oxygen atoms in total. The topological polar surface area (TPSA) is 42.7 Å². The number of halogens is 1. The maximum absolute atomic E-state index is 6.56. The lowest BCUT2D eigenvalue weighted by atomic mass is 10.0. The zero-order valence-electron chi connectivity index (χ0n) is 12.7. The summed E-state index contributed by atoms with van der Waals surface area (Å²) in [5.74, 6) is 0. The maximum atomic E-state index is 6.56. The molecule has 0 saturated carbocycles. The minimum absolute atomic E-state index is 0.728. The van der Waals surface area contributed by atoms with E-state index in [4.69, 9.17) is 11.6 Å². The van der Waals surface area contributed by atoms with Crippen LogP contribution in [0.2, 0.25) is 5.02 Å². The predicted octanol–water partition coefficient (Wildman–Crippen LogP) is 3.28. The number of nitrogens with zero attached hydrogens (tertiary/aromatic N) is 3. The van der Waals surface area contributed by atoms with E-state index in [2.05, 4.69) is 21.5 Å². The molecule has 0 unspecified atom stereocenters. The molecule has 2 aromatic heterocycles.